The third kappa shape index (κ3) is 2.79. The molecule has 1 aliphatic carbocycles. The lowest BCUT2D eigenvalue weighted by atomic mass is 10.0. The second-order valence-corrected chi connectivity index (χ2v) is 7.78. The van der Waals surface area contributed by atoms with Gasteiger partial charge in [0.15, 0.2) is 0 Å². The van der Waals surface area contributed by atoms with Crippen molar-refractivity contribution in [3.05, 3.63) is 39.4 Å². The van der Waals surface area contributed by atoms with E-state index in [9.17, 15) is 20.0 Å². The van der Waals surface area contributed by atoms with Gasteiger partial charge in [0, 0.05) is 31.9 Å². The summed E-state index contributed by atoms with van der Waals surface area (Å²) in [5, 5.41) is 22.6. The summed E-state index contributed by atoms with van der Waals surface area (Å²) in [5.41, 5.74) is -0.655. The van der Waals surface area contributed by atoms with Crippen LogP contribution < -0.4 is 15.6 Å². The van der Waals surface area contributed by atoms with Gasteiger partial charge in [-0.05, 0) is 18.9 Å². The highest BCUT2D eigenvalue weighted by Gasteiger charge is 2.38. The molecule has 0 spiro atoms. The largest absolute Gasteiger partial charge is 0.477 e. The standard InChI is InChI=1S/C20H19FN4O4/c21-14-5-11-17(25(10-1-2-10)7-13(19(11)26)20(27)28)12(6-22)18(14)24-8-15-16(9-24)29-4-3-23-15/h5,7,10,15-16,23H,1-4,8-9H2,(H,27,28)/t15-,16-/m1/s1. The molecule has 2 aliphatic heterocycles. The molecule has 3 aliphatic rings. The average molecular weight is 398 g/mol. The number of hydrogen-bond donors (Lipinski definition) is 2. The Bertz CT molecular complexity index is 1120. The lowest BCUT2D eigenvalue weighted by Gasteiger charge is -2.25. The fraction of sp³-hybridized carbons (Fsp3) is 0.450. The number of carbonyl (C=O) groups is 1. The molecule has 29 heavy (non-hydrogen) atoms. The molecule has 2 N–H and O–H groups in total. The summed E-state index contributed by atoms with van der Waals surface area (Å²) in [6.07, 6.45) is 2.84. The number of halogens is 1. The zero-order valence-corrected chi connectivity index (χ0v) is 15.5. The SMILES string of the molecule is N#Cc1c(N2C[C@H]3NCCO[C@@H]3C2)c(F)cc2c(=O)c(C(=O)O)cn(C3CC3)c12. The predicted octanol–water partition coefficient (Wildman–Crippen LogP) is 1.22. The van der Waals surface area contributed by atoms with Gasteiger partial charge in [-0.2, -0.15) is 5.26 Å². The third-order valence-electron chi connectivity index (χ3n) is 5.95. The van der Waals surface area contributed by atoms with Crippen molar-refractivity contribution in [1.82, 2.24) is 9.88 Å². The first-order valence-corrected chi connectivity index (χ1v) is 9.64. The number of benzene rings is 1. The highest BCUT2D eigenvalue weighted by atomic mass is 19.1. The highest BCUT2D eigenvalue weighted by Crippen LogP contribution is 2.40. The molecule has 2 atom stereocenters. The fourth-order valence-electron chi connectivity index (χ4n) is 4.46. The Hall–Kier alpha value is -2.96. The lowest BCUT2D eigenvalue weighted by Crippen LogP contribution is -2.47. The number of morpholine rings is 1. The van der Waals surface area contributed by atoms with E-state index in [4.69, 9.17) is 4.74 Å². The zero-order valence-electron chi connectivity index (χ0n) is 15.5. The average Bonchev–Trinajstić information content (AvgIpc) is 3.45. The monoisotopic (exact) mass is 398 g/mol. The smallest absolute Gasteiger partial charge is 0.341 e. The molecule has 1 aromatic carbocycles. The van der Waals surface area contributed by atoms with Gasteiger partial charge in [0.2, 0.25) is 5.43 Å². The van der Waals surface area contributed by atoms with Gasteiger partial charge in [-0.3, -0.25) is 4.79 Å². The molecule has 3 heterocycles. The fourth-order valence-corrected chi connectivity index (χ4v) is 4.46. The highest BCUT2D eigenvalue weighted by molar-refractivity contribution is 5.96. The van der Waals surface area contributed by atoms with E-state index >= 15 is 4.39 Å². The molecule has 1 aromatic heterocycles. The number of nitrogens with zero attached hydrogens (tertiary/aromatic N) is 3. The Kier molecular flexibility index (Phi) is 4.08. The Morgan fingerprint density at radius 3 is 2.83 bits per heavy atom. The first-order chi connectivity index (χ1) is 14.0. The minimum absolute atomic E-state index is 0.00719. The second-order valence-electron chi connectivity index (χ2n) is 7.78. The van der Waals surface area contributed by atoms with E-state index in [-0.39, 0.29) is 34.8 Å². The maximum absolute atomic E-state index is 15.2. The van der Waals surface area contributed by atoms with Gasteiger partial charge in [-0.15, -0.1) is 0 Å². The number of aromatic nitrogens is 1. The van der Waals surface area contributed by atoms with Crippen LogP contribution in [0.1, 0.15) is 34.8 Å². The van der Waals surface area contributed by atoms with Crippen molar-refractivity contribution in [3.8, 4) is 6.07 Å². The molecule has 0 amide bonds. The number of nitrogens with one attached hydrogen (secondary N) is 1. The van der Waals surface area contributed by atoms with Crippen LogP contribution in [0.15, 0.2) is 17.1 Å². The number of nitriles is 1. The quantitative estimate of drug-likeness (QED) is 0.800. The van der Waals surface area contributed by atoms with Crippen molar-refractivity contribution in [2.45, 2.75) is 31.0 Å². The van der Waals surface area contributed by atoms with Crippen LogP contribution in [0.5, 0.6) is 0 Å². The molecule has 1 saturated carbocycles. The summed E-state index contributed by atoms with van der Waals surface area (Å²) in [4.78, 5) is 26.0. The number of fused-ring (bicyclic) bond motifs is 2. The maximum atomic E-state index is 15.2. The zero-order chi connectivity index (χ0) is 20.3. The minimum Gasteiger partial charge on any atom is -0.477 e. The molecule has 8 nitrogen and oxygen atoms in total. The first-order valence-electron chi connectivity index (χ1n) is 9.64. The van der Waals surface area contributed by atoms with Gasteiger partial charge in [0.25, 0.3) is 0 Å². The summed E-state index contributed by atoms with van der Waals surface area (Å²) >= 11 is 0. The van der Waals surface area contributed by atoms with E-state index in [0.717, 1.165) is 25.5 Å². The minimum atomic E-state index is -1.36. The van der Waals surface area contributed by atoms with Gasteiger partial charge >= 0.3 is 5.97 Å². The van der Waals surface area contributed by atoms with Crippen LogP contribution in [0.25, 0.3) is 10.9 Å². The van der Waals surface area contributed by atoms with Gasteiger partial charge < -0.3 is 24.6 Å². The van der Waals surface area contributed by atoms with E-state index in [2.05, 4.69) is 11.4 Å². The van der Waals surface area contributed by atoms with Gasteiger partial charge in [-0.1, -0.05) is 0 Å². The van der Waals surface area contributed by atoms with Crippen LogP contribution in [-0.4, -0.2) is 54.0 Å². The van der Waals surface area contributed by atoms with Crippen molar-refractivity contribution >= 4 is 22.6 Å². The number of anilines is 1. The van der Waals surface area contributed by atoms with Crippen LogP contribution in [0, 0.1) is 17.1 Å². The molecule has 9 heteroatoms. The van der Waals surface area contributed by atoms with Crippen molar-refractivity contribution in [1.29, 1.82) is 5.26 Å². The molecule has 2 saturated heterocycles. The van der Waals surface area contributed by atoms with Crippen molar-refractivity contribution < 1.29 is 19.0 Å². The molecule has 0 unspecified atom stereocenters. The van der Waals surface area contributed by atoms with E-state index in [0.29, 0.717) is 25.2 Å². The number of carboxylic acid groups (broad SMARTS) is 1. The predicted molar refractivity (Wildman–Crippen MR) is 102 cm³/mol. The summed E-state index contributed by atoms with van der Waals surface area (Å²) < 4.78 is 22.6. The molecule has 0 bridgehead atoms. The van der Waals surface area contributed by atoms with Crippen molar-refractivity contribution in [2.24, 2.45) is 0 Å². The van der Waals surface area contributed by atoms with E-state index < -0.39 is 22.8 Å². The van der Waals surface area contributed by atoms with Gasteiger partial charge in [-0.25, -0.2) is 9.18 Å². The normalized spacial score (nSPS) is 23.8. The summed E-state index contributed by atoms with van der Waals surface area (Å²) in [7, 11) is 0. The van der Waals surface area contributed by atoms with Crippen LogP contribution in [0.2, 0.25) is 0 Å². The molecule has 3 fully saturated rings. The van der Waals surface area contributed by atoms with Crippen LogP contribution in [-0.2, 0) is 4.74 Å². The summed E-state index contributed by atoms with van der Waals surface area (Å²) in [5.74, 6) is -2.06. The van der Waals surface area contributed by atoms with Gasteiger partial charge in [0.1, 0.15) is 23.0 Å². The first kappa shape index (κ1) is 18.1. The number of pyridine rings is 1. The Balaban J connectivity index is 1.74. The molecule has 150 valence electrons. The summed E-state index contributed by atoms with van der Waals surface area (Å²) in [6.45, 7) is 2.23. The molecule has 5 rings (SSSR count). The van der Waals surface area contributed by atoms with Crippen LogP contribution in [0.3, 0.4) is 0 Å². The molecular weight excluding hydrogens is 379 g/mol. The number of hydrogen-bond acceptors (Lipinski definition) is 6. The Labute approximate surface area is 165 Å². The van der Waals surface area contributed by atoms with Crippen molar-refractivity contribution in [2.75, 3.05) is 31.1 Å². The van der Waals surface area contributed by atoms with E-state index in [1.807, 2.05) is 0 Å². The number of ether oxygens (including phenoxy) is 1. The van der Waals surface area contributed by atoms with E-state index in [1.165, 1.54) is 6.20 Å². The summed E-state index contributed by atoms with van der Waals surface area (Å²) in [6, 6.07) is 3.22. The molecule has 2 aromatic rings. The Morgan fingerprint density at radius 1 is 1.38 bits per heavy atom. The van der Waals surface area contributed by atoms with Crippen molar-refractivity contribution in [3.63, 3.8) is 0 Å². The van der Waals surface area contributed by atoms with E-state index in [1.54, 1.807) is 9.47 Å². The lowest BCUT2D eigenvalue weighted by molar-refractivity contribution is 0.0212. The number of rotatable bonds is 3. The maximum Gasteiger partial charge on any atom is 0.341 e. The third-order valence-corrected chi connectivity index (χ3v) is 5.95. The Morgan fingerprint density at radius 2 is 2.17 bits per heavy atom. The molecule has 0 radical (unpaired) electrons. The number of aromatic carboxylic acids is 1. The second kappa shape index (κ2) is 6.54. The van der Waals surface area contributed by atoms with Gasteiger partial charge in [0.05, 0.1) is 35.3 Å². The topological polar surface area (TPSA) is 108 Å². The number of carboxylic acids is 1. The van der Waals surface area contributed by atoms with Crippen LogP contribution in [0.4, 0.5) is 10.1 Å². The van der Waals surface area contributed by atoms with Crippen LogP contribution >= 0.6 is 0 Å². The molecular formula is C20H19FN4O4.